The SMILES string of the molecule is C=C/C(=C\C(=O)O)C(=O)O. The van der Waals surface area contributed by atoms with Gasteiger partial charge in [-0.2, -0.15) is 0 Å². The summed E-state index contributed by atoms with van der Waals surface area (Å²) in [7, 11) is 0. The van der Waals surface area contributed by atoms with E-state index in [4.69, 9.17) is 10.2 Å². The highest BCUT2D eigenvalue weighted by molar-refractivity contribution is 5.96. The molecule has 4 heteroatoms. The van der Waals surface area contributed by atoms with Crippen LogP contribution in [0.3, 0.4) is 0 Å². The maximum atomic E-state index is 10.1. The molecular formula is C6H6O4. The van der Waals surface area contributed by atoms with Crippen molar-refractivity contribution in [2.24, 2.45) is 0 Å². The monoisotopic (exact) mass is 142 g/mol. The largest absolute Gasteiger partial charge is 0.478 e. The fourth-order valence-electron chi connectivity index (χ4n) is 0.341. The number of hydrogen-bond donors (Lipinski definition) is 2. The van der Waals surface area contributed by atoms with Crippen LogP contribution in [-0.2, 0) is 9.59 Å². The molecule has 0 aliphatic rings. The molecule has 0 bridgehead atoms. The zero-order chi connectivity index (χ0) is 8.15. The molecule has 10 heavy (non-hydrogen) atoms. The number of carboxylic acids is 2. The third-order valence-corrected chi connectivity index (χ3v) is 0.746. The average Bonchev–Trinajstić information content (AvgIpc) is 1.81. The Morgan fingerprint density at radius 1 is 1.30 bits per heavy atom. The minimum absolute atomic E-state index is 0.326. The van der Waals surface area contributed by atoms with E-state index in [1.807, 2.05) is 0 Å². The van der Waals surface area contributed by atoms with Gasteiger partial charge in [0.2, 0.25) is 0 Å². The van der Waals surface area contributed by atoms with E-state index in [0.29, 0.717) is 6.08 Å². The molecule has 0 aromatic carbocycles. The first-order chi connectivity index (χ1) is 4.57. The lowest BCUT2D eigenvalue weighted by atomic mass is 10.2. The van der Waals surface area contributed by atoms with Crippen molar-refractivity contribution in [2.75, 3.05) is 0 Å². The molecule has 0 aromatic heterocycles. The van der Waals surface area contributed by atoms with Gasteiger partial charge in [-0.15, -0.1) is 0 Å². The first-order valence-electron chi connectivity index (χ1n) is 2.38. The van der Waals surface area contributed by atoms with Gasteiger partial charge in [-0.1, -0.05) is 12.7 Å². The Hall–Kier alpha value is -1.58. The summed E-state index contributed by atoms with van der Waals surface area (Å²) in [6.45, 7) is 3.12. The number of carbonyl (C=O) groups is 2. The number of rotatable bonds is 3. The van der Waals surface area contributed by atoms with Crippen molar-refractivity contribution in [3.63, 3.8) is 0 Å². The Morgan fingerprint density at radius 3 is 1.90 bits per heavy atom. The summed E-state index contributed by atoms with van der Waals surface area (Å²) < 4.78 is 0. The molecular weight excluding hydrogens is 136 g/mol. The quantitative estimate of drug-likeness (QED) is 0.438. The van der Waals surface area contributed by atoms with E-state index in [1.165, 1.54) is 0 Å². The lowest BCUT2D eigenvalue weighted by Crippen LogP contribution is -2.00. The van der Waals surface area contributed by atoms with Gasteiger partial charge in [-0.25, -0.2) is 9.59 Å². The molecule has 0 aliphatic carbocycles. The minimum Gasteiger partial charge on any atom is -0.478 e. The molecule has 0 radical (unpaired) electrons. The second-order valence-electron chi connectivity index (χ2n) is 1.45. The van der Waals surface area contributed by atoms with Crippen molar-refractivity contribution in [3.8, 4) is 0 Å². The Kier molecular flexibility index (Phi) is 2.90. The molecule has 0 rings (SSSR count). The topological polar surface area (TPSA) is 74.6 Å². The van der Waals surface area contributed by atoms with Crippen LogP contribution in [0.5, 0.6) is 0 Å². The summed E-state index contributed by atoms with van der Waals surface area (Å²) in [5, 5.41) is 16.3. The average molecular weight is 142 g/mol. The van der Waals surface area contributed by atoms with Crippen molar-refractivity contribution in [3.05, 3.63) is 24.3 Å². The molecule has 2 N–H and O–H groups in total. The molecule has 0 amide bonds. The smallest absolute Gasteiger partial charge is 0.335 e. The fraction of sp³-hybridized carbons (Fsp3) is 0. The molecule has 0 saturated heterocycles. The highest BCUT2D eigenvalue weighted by atomic mass is 16.4. The molecule has 54 valence electrons. The molecule has 0 spiro atoms. The summed E-state index contributed by atoms with van der Waals surface area (Å²) in [5.74, 6) is -2.59. The maximum absolute atomic E-state index is 10.1. The minimum atomic E-state index is -1.29. The van der Waals surface area contributed by atoms with Gasteiger partial charge in [-0.05, 0) is 0 Å². The Bertz CT molecular complexity index is 202. The van der Waals surface area contributed by atoms with Gasteiger partial charge in [0.15, 0.2) is 0 Å². The third kappa shape index (κ3) is 2.66. The molecule has 0 fully saturated rings. The fourth-order valence-corrected chi connectivity index (χ4v) is 0.341. The van der Waals surface area contributed by atoms with Crippen LogP contribution < -0.4 is 0 Å². The van der Waals surface area contributed by atoms with Crippen LogP contribution in [0.4, 0.5) is 0 Å². The second-order valence-corrected chi connectivity index (χ2v) is 1.45. The third-order valence-electron chi connectivity index (χ3n) is 0.746. The van der Waals surface area contributed by atoms with Gasteiger partial charge < -0.3 is 10.2 Å². The zero-order valence-corrected chi connectivity index (χ0v) is 5.07. The van der Waals surface area contributed by atoms with Gasteiger partial charge >= 0.3 is 11.9 Å². The van der Waals surface area contributed by atoms with E-state index in [-0.39, 0.29) is 5.57 Å². The van der Waals surface area contributed by atoms with E-state index in [2.05, 4.69) is 6.58 Å². The first-order valence-corrected chi connectivity index (χ1v) is 2.38. The summed E-state index contributed by atoms with van der Waals surface area (Å²) >= 11 is 0. The molecule has 0 aliphatic heterocycles. The van der Waals surface area contributed by atoms with Crippen molar-refractivity contribution in [2.45, 2.75) is 0 Å². The Balaban J connectivity index is 4.49. The summed E-state index contributed by atoms with van der Waals surface area (Å²) in [6.07, 6.45) is 1.55. The van der Waals surface area contributed by atoms with Crippen molar-refractivity contribution in [1.82, 2.24) is 0 Å². The van der Waals surface area contributed by atoms with E-state index in [0.717, 1.165) is 6.08 Å². The highest BCUT2D eigenvalue weighted by Crippen LogP contribution is 1.93. The first kappa shape index (κ1) is 8.42. The molecule has 4 nitrogen and oxygen atoms in total. The van der Waals surface area contributed by atoms with Gasteiger partial charge in [0.25, 0.3) is 0 Å². The van der Waals surface area contributed by atoms with E-state index in [1.54, 1.807) is 0 Å². The number of aliphatic carboxylic acids is 2. The van der Waals surface area contributed by atoms with Crippen LogP contribution in [-0.4, -0.2) is 22.2 Å². The predicted molar refractivity (Wildman–Crippen MR) is 33.6 cm³/mol. The van der Waals surface area contributed by atoms with Crippen molar-refractivity contribution >= 4 is 11.9 Å². The van der Waals surface area contributed by atoms with Crippen LogP contribution in [0.2, 0.25) is 0 Å². The normalized spacial score (nSPS) is 10.6. The van der Waals surface area contributed by atoms with Crippen LogP contribution in [0.15, 0.2) is 24.3 Å². The molecule has 0 unspecified atom stereocenters. The Labute approximate surface area is 57.1 Å². The van der Waals surface area contributed by atoms with Crippen molar-refractivity contribution in [1.29, 1.82) is 0 Å². The molecule has 0 aromatic rings. The van der Waals surface area contributed by atoms with Crippen LogP contribution >= 0.6 is 0 Å². The standard InChI is InChI=1S/C6H6O4/c1-2-4(6(9)10)3-5(7)8/h2-3H,1H2,(H,7,8)(H,9,10)/b4-3+. The second kappa shape index (κ2) is 3.45. The number of hydrogen-bond acceptors (Lipinski definition) is 2. The van der Waals surface area contributed by atoms with Gasteiger partial charge in [-0.3, -0.25) is 0 Å². The van der Waals surface area contributed by atoms with Crippen LogP contribution in [0.25, 0.3) is 0 Å². The summed E-state index contributed by atoms with van der Waals surface area (Å²) in [6, 6.07) is 0. The van der Waals surface area contributed by atoms with E-state index < -0.39 is 11.9 Å². The van der Waals surface area contributed by atoms with Gasteiger partial charge in [0.05, 0.1) is 5.57 Å². The zero-order valence-electron chi connectivity index (χ0n) is 5.07. The molecule has 0 heterocycles. The van der Waals surface area contributed by atoms with E-state index >= 15 is 0 Å². The van der Waals surface area contributed by atoms with Crippen molar-refractivity contribution < 1.29 is 19.8 Å². The maximum Gasteiger partial charge on any atom is 0.335 e. The predicted octanol–water partition coefficient (Wildman–Crippen LogP) is 0.268. The van der Waals surface area contributed by atoms with Gasteiger partial charge in [0, 0.05) is 6.08 Å². The van der Waals surface area contributed by atoms with Gasteiger partial charge in [0.1, 0.15) is 0 Å². The molecule has 0 saturated carbocycles. The lowest BCUT2D eigenvalue weighted by Gasteiger charge is -1.88. The number of carboxylic acid groups (broad SMARTS) is 2. The van der Waals surface area contributed by atoms with Crippen LogP contribution in [0.1, 0.15) is 0 Å². The lowest BCUT2D eigenvalue weighted by molar-refractivity contribution is -0.134. The summed E-state index contributed by atoms with van der Waals surface area (Å²) in [5.41, 5.74) is -0.326. The summed E-state index contributed by atoms with van der Waals surface area (Å²) in [4.78, 5) is 19.9. The van der Waals surface area contributed by atoms with Crippen LogP contribution in [0, 0.1) is 0 Å². The highest BCUT2D eigenvalue weighted by Gasteiger charge is 2.03. The molecule has 0 atom stereocenters. The Morgan fingerprint density at radius 2 is 1.80 bits per heavy atom. The van der Waals surface area contributed by atoms with E-state index in [9.17, 15) is 9.59 Å².